The van der Waals surface area contributed by atoms with Gasteiger partial charge in [-0.1, -0.05) is 18.2 Å². The quantitative estimate of drug-likeness (QED) is 0.451. The molecule has 1 amide bonds. The van der Waals surface area contributed by atoms with Crippen LogP contribution in [0.5, 0.6) is 0 Å². The van der Waals surface area contributed by atoms with Crippen LogP contribution in [0.15, 0.2) is 78.9 Å². The Bertz CT molecular complexity index is 910. The first-order valence-electron chi connectivity index (χ1n) is 9.30. The third-order valence-electron chi connectivity index (χ3n) is 4.04. The average molecular weight is 379 g/mol. The minimum Gasteiger partial charge on any atom is -0.399 e. The molecule has 0 bridgehead atoms. The van der Waals surface area contributed by atoms with Crippen LogP contribution in [0.3, 0.4) is 0 Å². The van der Waals surface area contributed by atoms with Gasteiger partial charge in [0.2, 0.25) is 0 Å². The molecule has 0 unspecified atom stereocenters. The minimum atomic E-state index is -0.537. The number of anilines is 4. The molecule has 4 N–H and O–H groups in total. The highest BCUT2D eigenvalue weighted by molar-refractivity contribution is 7.81. The summed E-state index contributed by atoms with van der Waals surface area (Å²) in [7, 11) is 21.6. The second-order valence-electron chi connectivity index (χ2n) is 6.49. The highest BCUT2D eigenvalue weighted by Crippen LogP contribution is 2.19. The molecule has 0 fully saturated rings. The molecule has 0 spiro atoms. The SMILES string of the molecule is Nc1ccc(C(=O)Nc2ccc(Nc3ccccc3)cc2)cc1.[B][B]B([B])B([B])[B]. The minimum absolute atomic E-state index is 0.159. The van der Waals surface area contributed by atoms with Crippen LogP contribution >= 0.6 is 0 Å². The molecule has 9 radical (unpaired) electrons. The largest absolute Gasteiger partial charge is 0.399 e. The zero-order valence-corrected chi connectivity index (χ0v) is 16.5. The second-order valence-corrected chi connectivity index (χ2v) is 6.49. The van der Waals surface area contributed by atoms with Gasteiger partial charge < -0.3 is 16.4 Å². The Hall–Kier alpha value is -2.82. The van der Waals surface area contributed by atoms with Gasteiger partial charge in [0.15, 0.2) is 0 Å². The van der Waals surface area contributed by atoms with E-state index >= 15 is 0 Å². The molecule has 4 nitrogen and oxygen atoms in total. The van der Waals surface area contributed by atoms with E-state index in [1.165, 1.54) is 7.06 Å². The Morgan fingerprint density at radius 1 is 0.800 bits per heavy atom. The summed E-state index contributed by atoms with van der Waals surface area (Å²) in [5, 5.41) is 6.16. The molecule has 30 heavy (non-hydrogen) atoms. The monoisotopic (exact) mass is 380 g/mol. The molecule has 0 atom stereocenters. The molecule has 135 valence electrons. The van der Waals surface area contributed by atoms with Gasteiger partial charge in [-0.3, -0.25) is 4.79 Å². The van der Waals surface area contributed by atoms with E-state index < -0.39 is 6.39 Å². The molecule has 0 aliphatic heterocycles. The van der Waals surface area contributed by atoms with Crippen molar-refractivity contribution in [2.24, 2.45) is 0 Å². The fourth-order valence-corrected chi connectivity index (χ4v) is 2.29. The smallest absolute Gasteiger partial charge is 0.255 e. The van der Waals surface area contributed by atoms with Crippen molar-refractivity contribution >= 4 is 79.4 Å². The van der Waals surface area contributed by atoms with Crippen LogP contribution in [0.4, 0.5) is 22.7 Å². The number of para-hydroxylation sites is 1. The normalized spacial score (nSPS) is 9.47. The summed E-state index contributed by atoms with van der Waals surface area (Å²) < 4.78 is 0. The van der Waals surface area contributed by atoms with Crippen molar-refractivity contribution in [2.45, 2.75) is 0 Å². The van der Waals surface area contributed by atoms with Gasteiger partial charge >= 0.3 is 0 Å². The summed E-state index contributed by atoms with van der Waals surface area (Å²) in [5.41, 5.74) is 9.55. The number of nitrogens with two attached hydrogens (primary N) is 1. The molecule has 3 aromatic carbocycles. The van der Waals surface area contributed by atoms with Gasteiger partial charge in [0.25, 0.3) is 5.91 Å². The van der Waals surface area contributed by atoms with Crippen LogP contribution in [0.25, 0.3) is 0 Å². The van der Waals surface area contributed by atoms with E-state index in [0.717, 1.165) is 17.1 Å². The summed E-state index contributed by atoms with van der Waals surface area (Å²) in [6, 6.07) is 24.3. The number of rotatable bonds is 6. The molecular weight excluding hydrogens is 362 g/mol. The summed E-state index contributed by atoms with van der Waals surface area (Å²) >= 11 is 0. The van der Waals surface area contributed by atoms with Crippen LogP contribution in [-0.2, 0) is 0 Å². The van der Waals surface area contributed by atoms with E-state index in [9.17, 15) is 4.79 Å². The van der Waals surface area contributed by atoms with Crippen molar-refractivity contribution in [3.63, 3.8) is 0 Å². The van der Waals surface area contributed by atoms with Crippen molar-refractivity contribution in [3.8, 4) is 0 Å². The lowest BCUT2D eigenvalue weighted by Gasteiger charge is -2.09. The molecular formula is C19H17B7N3O. The maximum absolute atomic E-state index is 12.1. The first-order valence-corrected chi connectivity index (χ1v) is 9.30. The highest BCUT2D eigenvalue weighted by atomic mass is 16.1. The Labute approximate surface area is 185 Å². The van der Waals surface area contributed by atoms with Crippen LogP contribution < -0.4 is 16.4 Å². The van der Waals surface area contributed by atoms with Crippen LogP contribution in [-0.4, -0.2) is 56.7 Å². The van der Waals surface area contributed by atoms with Gasteiger partial charge in [-0.05, 0) is 60.7 Å². The fourth-order valence-electron chi connectivity index (χ4n) is 2.29. The maximum atomic E-state index is 12.1. The van der Waals surface area contributed by atoms with Gasteiger partial charge in [-0.25, -0.2) is 0 Å². The summed E-state index contributed by atoms with van der Waals surface area (Å²) in [4.78, 5) is 12.1. The topological polar surface area (TPSA) is 67.2 Å². The van der Waals surface area contributed by atoms with E-state index in [-0.39, 0.29) is 12.3 Å². The van der Waals surface area contributed by atoms with Crippen molar-refractivity contribution in [1.82, 2.24) is 0 Å². The molecule has 0 aliphatic rings. The van der Waals surface area contributed by atoms with E-state index in [2.05, 4.69) is 10.6 Å². The van der Waals surface area contributed by atoms with Gasteiger partial charge in [0.05, 0.1) is 0 Å². The van der Waals surface area contributed by atoms with Crippen molar-refractivity contribution in [1.29, 1.82) is 0 Å². The van der Waals surface area contributed by atoms with E-state index in [1.54, 1.807) is 24.3 Å². The molecule has 3 rings (SSSR count). The number of nitrogens with one attached hydrogen (secondary N) is 2. The van der Waals surface area contributed by atoms with Crippen molar-refractivity contribution in [2.75, 3.05) is 16.4 Å². The van der Waals surface area contributed by atoms with Crippen LogP contribution in [0.2, 0.25) is 0 Å². The van der Waals surface area contributed by atoms with Gasteiger partial charge in [-0.15, -0.1) is 0 Å². The lowest BCUT2D eigenvalue weighted by Crippen LogP contribution is -2.43. The Balaban J connectivity index is 0.000000396. The molecule has 0 aliphatic carbocycles. The number of carbonyl (C=O) groups excluding carboxylic acids is 1. The van der Waals surface area contributed by atoms with E-state index in [4.69, 9.17) is 36.7 Å². The second kappa shape index (κ2) is 12.0. The molecule has 3 aromatic rings. The Morgan fingerprint density at radius 3 is 1.83 bits per heavy atom. The van der Waals surface area contributed by atoms with E-state index in [0.29, 0.717) is 11.3 Å². The third-order valence-corrected chi connectivity index (χ3v) is 4.04. The highest BCUT2D eigenvalue weighted by Gasteiger charge is 2.06. The fraction of sp³-hybridized carbons (Fsp3) is 0. The molecule has 0 aromatic heterocycles. The summed E-state index contributed by atoms with van der Waals surface area (Å²) in [5.74, 6) is -0.159. The zero-order valence-electron chi connectivity index (χ0n) is 16.5. The molecule has 0 saturated carbocycles. The lowest BCUT2D eigenvalue weighted by atomic mass is 8.76. The number of hydrogen-bond acceptors (Lipinski definition) is 3. The Kier molecular flexibility index (Phi) is 9.39. The third kappa shape index (κ3) is 7.90. The standard InChI is InChI=1S/C19H17N3O.B7/c20-15-8-6-14(7-9-15)19(23)22-18-12-10-17(11-13-18)21-16-4-2-1-3-5-16;1-5-7(4)6(2)3/h1-13,21H,20H2,(H,22,23);. The molecule has 0 saturated heterocycles. The maximum Gasteiger partial charge on any atom is 0.255 e. The van der Waals surface area contributed by atoms with Crippen molar-refractivity contribution in [3.05, 3.63) is 84.4 Å². The van der Waals surface area contributed by atoms with Gasteiger partial charge in [0, 0.05) is 79.1 Å². The number of benzene rings is 3. The summed E-state index contributed by atoms with van der Waals surface area (Å²) in [6.07, 6.45) is -0.926. The Morgan fingerprint density at radius 2 is 1.33 bits per heavy atom. The van der Waals surface area contributed by atoms with Crippen molar-refractivity contribution < 1.29 is 4.79 Å². The average Bonchev–Trinajstić information content (AvgIpc) is 2.76. The first-order chi connectivity index (χ1) is 14.4. The predicted molar refractivity (Wildman–Crippen MR) is 135 cm³/mol. The molecule has 11 heteroatoms. The van der Waals surface area contributed by atoms with Gasteiger partial charge in [0.1, 0.15) is 0 Å². The number of nitrogen functional groups attached to an aromatic ring is 1. The van der Waals surface area contributed by atoms with Gasteiger partial charge in [-0.2, -0.15) is 0 Å². The van der Waals surface area contributed by atoms with Crippen LogP contribution in [0, 0.1) is 0 Å². The predicted octanol–water partition coefficient (Wildman–Crippen LogP) is 1.60. The number of amides is 1. The molecule has 0 heterocycles. The zero-order chi connectivity index (χ0) is 21.9. The summed E-state index contributed by atoms with van der Waals surface area (Å²) in [6.45, 7) is 0. The van der Waals surface area contributed by atoms with E-state index in [1.807, 2.05) is 54.6 Å². The first kappa shape index (κ1) is 23.5. The van der Waals surface area contributed by atoms with Crippen LogP contribution in [0.1, 0.15) is 10.4 Å². The lowest BCUT2D eigenvalue weighted by molar-refractivity contribution is 0.102. The number of carbonyl (C=O) groups is 1. The number of hydrogen-bond donors (Lipinski definition) is 3.